The standard InChI is InChI=1S/C12H13FN2O/c1-8-9(2)15(7-14-8)12-4-10(6-16)3-11(13)5-12/h3-5,7,16H,6H2,1-2H3. The Morgan fingerprint density at radius 3 is 2.62 bits per heavy atom. The minimum absolute atomic E-state index is 0.169. The third-order valence-corrected chi connectivity index (χ3v) is 2.65. The Kier molecular flexibility index (Phi) is 2.75. The Bertz CT molecular complexity index is 520. The van der Waals surface area contributed by atoms with Crippen molar-refractivity contribution in [3.63, 3.8) is 0 Å². The molecule has 2 rings (SSSR count). The smallest absolute Gasteiger partial charge is 0.125 e. The van der Waals surface area contributed by atoms with E-state index < -0.39 is 0 Å². The van der Waals surface area contributed by atoms with E-state index >= 15 is 0 Å². The number of aromatic nitrogens is 2. The molecule has 0 spiro atoms. The van der Waals surface area contributed by atoms with Crippen LogP contribution >= 0.6 is 0 Å². The molecule has 0 radical (unpaired) electrons. The van der Waals surface area contributed by atoms with Crippen molar-refractivity contribution in [2.75, 3.05) is 0 Å². The van der Waals surface area contributed by atoms with Crippen LogP contribution in [-0.4, -0.2) is 14.7 Å². The largest absolute Gasteiger partial charge is 0.392 e. The second kappa shape index (κ2) is 4.06. The first-order valence-corrected chi connectivity index (χ1v) is 5.03. The third kappa shape index (κ3) is 1.84. The molecule has 2 aromatic rings. The van der Waals surface area contributed by atoms with Crippen molar-refractivity contribution in [1.29, 1.82) is 0 Å². The second-order valence-corrected chi connectivity index (χ2v) is 3.76. The van der Waals surface area contributed by atoms with Gasteiger partial charge in [-0.2, -0.15) is 0 Å². The Morgan fingerprint density at radius 1 is 1.31 bits per heavy atom. The van der Waals surface area contributed by atoms with Crippen LogP contribution in [0.4, 0.5) is 4.39 Å². The van der Waals surface area contributed by atoms with Gasteiger partial charge >= 0.3 is 0 Å². The lowest BCUT2D eigenvalue weighted by Crippen LogP contribution is -1.98. The van der Waals surface area contributed by atoms with E-state index in [1.54, 1.807) is 17.0 Å². The topological polar surface area (TPSA) is 38.0 Å². The zero-order chi connectivity index (χ0) is 11.7. The van der Waals surface area contributed by atoms with Gasteiger partial charge in [-0.05, 0) is 37.6 Å². The van der Waals surface area contributed by atoms with Gasteiger partial charge in [0.1, 0.15) is 5.82 Å². The SMILES string of the molecule is Cc1ncn(-c2cc(F)cc(CO)c2)c1C. The van der Waals surface area contributed by atoms with Gasteiger partial charge in [0.25, 0.3) is 0 Å². The summed E-state index contributed by atoms with van der Waals surface area (Å²) < 4.78 is 15.1. The number of benzene rings is 1. The van der Waals surface area contributed by atoms with Crippen LogP contribution in [-0.2, 0) is 6.61 Å². The van der Waals surface area contributed by atoms with Crippen LogP contribution < -0.4 is 0 Å². The van der Waals surface area contributed by atoms with Crippen LogP contribution in [0.3, 0.4) is 0 Å². The summed E-state index contributed by atoms with van der Waals surface area (Å²) in [5.74, 6) is -0.354. The lowest BCUT2D eigenvalue weighted by Gasteiger charge is -2.07. The van der Waals surface area contributed by atoms with Crippen molar-refractivity contribution in [2.24, 2.45) is 0 Å². The first-order chi connectivity index (χ1) is 7.61. The lowest BCUT2D eigenvalue weighted by molar-refractivity contribution is 0.281. The Morgan fingerprint density at radius 2 is 2.06 bits per heavy atom. The molecule has 0 fully saturated rings. The average molecular weight is 220 g/mol. The maximum atomic E-state index is 13.3. The first-order valence-electron chi connectivity index (χ1n) is 5.03. The third-order valence-electron chi connectivity index (χ3n) is 2.65. The zero-order valence-corrected chi connectivity index (χ0v) is 9.24. The number of imidazole rings is 1. The van der Waals surface area contributed by atoms with Gasteiger partial charge < -0.3 is 9.67 Å². The highest BCUT2D eigenvalue weighted by Gasteiger charge is 2.06. The summed E-state index contributed by atoms with van der Waals surface area (Å²) in [6.07, 6.45) is 1.65. The molecule has 0 aliphatic carbocycles. The van der Waals surface area contributed by atoms with Gasteiger partial charge in [0.2, 0.25) is 0 Å². The van der Waals surface area contributed by atoms with E-state index in [1.807, 2.05) is 13.8 Å². The highest BCUT2D eigenvalue weighted by molar-refractivity contribution is 5.38. The molecule has 0 saturated heterocycles. The van der Waals surface area contributed by atoms with E-state index in [0.717, 1.165) is 11.4 Å². The molecule has 1 aromatic heterocycles. The molecule has 1 N–H and O–H groups in total. The van der Waals surface area contributed by atoms with Crippen molar-refractivity contribution in [3.8, 4) is 5.69 Å². The van der Waals surface area contributed by atoms with Gasteiger partial charge in [0, 0.05) is 5.69 Å². The molecular weight excluding hydrogens is 207 g/mol. The molecule has 1 aromatic carbocycles. The molecule has 0 bridgehead atoms. The summed E-state index contributed by atoms with van der Waals surface area (Å²) in [6.45, 7) is 3.65. The summed E-state index contributed by atoms with van der Waals surface area (Å²) in [4.78, 5) is 4.16. The number of aryl methyl sites for hydroxylation is 1. The minimum Gasteiger partial charge on any atom is -0.392 e. The summed E-state index contributed by atoms with van der Waals surface area (Å²) >= 11 is 0. The van der Waals surface area contributed by atoms with Gasteiger partial charge in [-0.1, -0.05) is 0 Å². The molecule has 0 unspecified atom stereocenters. The highest BCUT2D eigenvalue weighted by Crippen LogP contribution is 2.17. The Hall–Kier alpha value is -1.68. The van der Waals surface area contributed by atoms with E-state index in [9.17, 15) is 4.39 Å². The van der Waals surface area contributed by atoms with Crippen LogP contribution in [0.2, 0.25) is 0 Å². The maximum absolute atomic E-state index is 13.3. The van der Waals surface area contributed by atoms with E-state index in [-0.39, 0.29) is 12.4 Å². The van der Waals surface area contributed by atoms with Crippen LogP contribution in [0.1, 0.15) is 17.0 Å². The number of aliphatic hydroxyl groups is 1. The van der Waals surface area contributed by atoms with Crippen molar-refractivity contribution in [3.05, 3.63) is 47.3 Å². The van der Waals surface area contributed by atoms with Crippen molar-refractivity contribution in [2.45, 2.75) is 20.5 Å². The van der Waals surface area contributed by atoms with Gasteiger partial charge in [-0.15, -0.1) is 0 Å². The molecule has 16 heavy (non-hydrogen) atoms. The van der Waals surface area contributed by atoms with Crippen LogP contribution in [0.5, 0.6) is 0 Å². The quantitative estimate of drug-likeness (QED) is 0.841. The van der Waals surface area contributed by atoms with Crippen LogP contribution in [0.15, 0.2) is 24.5 Å². The molecule has 0 atom stereocenters. The molecule has 1 heterocycles. The predicted octanol–water partition coefficient (Wildman–Crippen LogP) is 2.12. The molecule has 3 nitrogen and oxygen atoms in total. The molecule has 0 aliphatic heterocycles. The van der Waals surface area contributed by atoms with E-state index in [2.05, 4.69) is 4.98 Å². The van der Waals surface area contributed by atoms with Crippen LogP contribution in [0.25, 0.3) is 5.69 Å². The fourth-order valence-electron chi connectivity index (χ4n) is 1.62. The molecule has 0 amide bonds. The average Bonchev–Trinajstić information content (AvgIpc) is 2.59. The number of rotatable bonds is 2. The zero-order valence-electron chi connectivity index (χ0n) is 9.24. The number of hydrogen-bond acceptors (Lipinski definition) is 2. The van der Waals surface area contributed by atoms with Gasteiger partial charge in [0.05, 0.1) is 24.3 Å². The van der Waals surface area contributed by atoms with Gasteiger partial charge in [-0.3, -0.25) is 0 Å². The van der Waals surface area contributed by atoms with Gasteiger partial charge in [-0.25, -0.2) is 9.37 Å². The second-order valence-electron chi connectivity index (χ2n) is 3.76. The summed E-state index contributed by atoms with van der Waals surface area (Å²) in [5, 5.41) is 9.02. The lowest BCUT2D eigenvalue weighted by atomic mass is 10.2. The first kappa shape index (κ1) is 10.8. The maximum Gasteiger partial charge on any atom is 0.125 e. The predicted molar refractivity (Wildman–Crippen MR) is 58.9 cm³/mol. The van der Waals surface area contributed by atoms with Gasteiger partial charge in [0.15, 0.2) is 0 Å². The summed E-state index contributed by atoms with van der Waals surface area (Å²) in [5.41, 5.74) is 3.12. The molecule has 0 saturated carbocycles. The minimum atomic E-state index is -0.354. The molecule has 4 heteroatoms. The number of hydrogen-bond donors (Lipinski definition) is 1. The number of halogens is 1. The monoisotopic (exact) mass is 220 g/mol. The van der Waals surface area contributed by atoms with Crippen molar-refractivity contribution in [1.82, 2.24) is 9.55 Å². The van der Waals surface area contributed by atoms with Crippen molar-refractivity contribution < 1.29 is 9.50 Å². The fraction of sp³-hybridized carbons (Fsp3) is 0.250. The van der Waals surface area contributed by atoms with E-state index in [1.165, 1.54) is 12.1 Å². The normalized spacial score (nSPS) is 10.8. The highest BCUT2D eigenvalue weighted by atomic mass is 19.1. The molecular formula is C12H13FN2O. The number of aliphatic hydroxyl groups excluding tert-OH is 1. The Labute approximate surface area is 93.2 Å². The van der Waals surface area contributed by atoms with E-state index in [0.29, 0.717) is 11.3 Å². The van der Waals surface area contributed by atoms with E-state index in [4.69, 9.17) is 5.11 Å². The Balaban J connectivity index is 2.55. The van der Waals surface area contributed by atoms with Crippen molar-refractivity contribution >= 4 is 0 Å². The summed E-state index contributed by atoms with van der Waals surface area (Å²) in [6, 6.07) is 4.49. The molecule has 0 aliphatic rings. The summed E-state index contributed by atoms with van der Waals surface area (Å²) in [7, 11) is 0. The molecule has 84 valence electrons. The fourth-order valence-corrected chi connectivity index (χ4v) is 1.62. The van der Waals surface area contributed by atoms with Crippen LogP contribution in [0, 0.1) is 19.7 Å². The number of nitrogens with zero attached hydrogens (tertiary/aromatic N) is 2.